The summed E-state index contributed by atoms with van der Waals surface area (Å²) in [5, 5.41) is 1.54. The third kappa shape index (κ3) is 7.26. The quantitative estimate of drug-likeness (QED) is 0.213. The molecule has 4 N–H and O–H groups in total. The van der Waals surface area contributed by atoms with Crippen molar-refractivity contribution in [3.63, 3.8) is 0 Å². The first-order valence-electron chi connectivity index (χ1n) is 11.0. The van der Waals surface area contributed by atoms with Gasteiger partial charge >= 0.3 is 11.9 Å². The van der Waals surface area contributed by atoms with Crippen LogP contribution in [-0.2, 0) is 41.6 Å². The summed E-state index contributed by atoms with van der Waals surface area (Å²) in [6, 6.07) is 7.91. The number of nitrogens with two attached hydrogens (primary N) is 2. The summed E-state index contributed by atoms with van der Waals surface area (Å²) >= 11 is 0. The number of fused-ring (bicyclic) bond motifs is 1. The molecule has 2 amide bonds. The zero-order valence-corrected chi connectivity index (χ0v) is 18.7. The lowest BCUT2D eigenvalue weighted by molar-refractivity contribution is -0.197. The minimum absolute atomic E-state index is 0.0746. The van der Waals surface area contributed by atoms with Crippen LogP contribution in [0.1, 0.15) is 49.7 Å². The standard InChI is InChI=1S/C23H27N5O6/c24-23(25)27-14-33-21(31)5-2-4-16-11-17-8-7-15(12-18(17)26-13-16)3-1-6-22(32)34-28-19(29)9-10-20(28)30/h7-8,11-13H,1-6,9-10,14H2,(H4,24,25,27). The summed E-state index contributed by atoms with van der Waals surface area (Å²) < 4.78 is 4.90. The van der Waals surface area contributed by atoms with Crippen LogP contribution in [0.15, 0.2) is 35.5 Å². The molecule has 11 nitrogen and oxygen atoms in total. The third-order valence-electron chi connectivity index (χ3n) is 5.17. The Labute approximate surface area is 196 Å². The lowest BCUT2D eigenvalue weighted by atomic mass is 10.0. The van der Waals surface area contributed by atoms with Crippen LogP contribution in [0.25, 0.3) is 10.9 Å². The number of aromatic nitrogens is 1. The number of nitrogens with zero attached hydrogens (tertiary/aromatic N) is 3. The maximum Gasteiger partial charge on any atom is 0.333 e. The van der Waals surface area contributed by atoms with Crippen LogP contribution < -0.4 is 11.5 Å². The van der Waals surface area contributed by atoms with Crippen LogP contribution in [0.2, 0.25) is 0 Å². The second-order valence-corrected chi connectivity index (χ2v) is 7.85. The van der Waals surface area contributed by atoms with Gasteiger partial charge < -0.3 is 21.0 Å². The zero-order valence-electron chi connectivity index (χ0n) is 18.7. The van der Waals surface area contributed by atoms with Crippen LogP contribution in [0.3, 0.4) is 0 Å². The Morgan fingerprint density at radius 1 is 0.971 bits per heavy atom. The highest BCUT2D eigenvalue weighted by Gasteiger charge is 2.32. The van der Waals surface area contributed by atoms with Crippen molar-refractivity contribution in [2.24, 2.45) is 16.5 Å². The Kier molecular flexibility index (Phi) is 8.49. The highest BCUT2D eigenvalue weighted by Crippen LogP contribution is 2.19. The number of esters is 1. The van der Waals surface area contributed by atoms with Crippen LogP contribution in [0.5, 0.6) is 0 Å². The van der Waals surface area contributed by atoms with Crippen molar-refractivity contribution in [2.45, 2.75) is 51.4 Å². The summed E-state index contributed by atoms with van der Waals surface area (Å²) in [6.45, 7) is -0.181. The number of carbonyl (C=O) groups excluding carboxylic acids is 4. The molecule has 11 heteroatoms. The second-order valence-electron chi connectivity index (χ2n) is 7.85. The van der Waals surface area contributed by atoms with Crippen molar-refractivity contribution in [1.29, 1.82) is 0 Å². The highest BCUT2D eigenvalue weighted by molar-refractivity contribution is 6.01. The minimum Gasteiger partial charge on any atom is -0.442 e. The molecule has 1 aliphatic heterocycles. The summed E-state index contributed by atoms with van der Waals surface area (Å²) in [4.78, 5) is 59.5. The molecule has 1 saturated heterocycles. The second kappa shape index (κ2) is 11.7. The van der Waals surface area contributed by atoms with Gasteiger partial charge in [-0.05, 0) is 48.9 Å². The van der Waals surface area contributed by atoms with Gasteiger partial charge in [-0.3, -0.25) is 19.4 Å². The fourth-order valence-corrected chi connectivity index (χ4v) is 3.43. The van der Waals surface area contributed by atoms with Crippen molar-refractivity contribution < 1.29 is 28.8 Å². The molecule has 0 atom stereocenters. The van der Waals surface area contributed by atoms with E-state index in [2.05, 4.69) is 9.98 Å². The number of imide groups is 1. The number of guanidine groups is 1. The molecule has 0 spiro atoms. The Balaban J connectivity index is 1.43. The Morgan fingerprint density at radius 2 is 1.65 bits per heavy atom. The lowest BCUT2D eigenvalue weighted by Crippen LogP contribution is -2.31. The topological polar surface area (TPSA) is 167 Å². The first-order valence-corrected chi connectivity index (χ1v) is 11.0. The lowest BCUT2D eigenvalue weighted by Gasteiger charge is -2.12. The third-order valence-corrected chi connectivity index (χ3v) is 5.17. The number of benzene rings is 1. The fourth-order valence-electron chi connectivity index (χ4n) is 3.43. The summed E-state index contributed by atoms with van der Waals surface area (Å²) in [7, 11) is 0. The van der Waals surface area contributed by atoms with E-state index in [1.165, 1.54) is 0 Å². The number of rotatable bonds is 11. The van der Waals surface area contributed by atoms with E-state index in [4.69, 9.17) is 21.0 Å². The van der Waals surface area contributed by atoms with E-state index in [1.54, 1.807) is 6.20 Å². The number of hydroxylamine groups is 2. The molecular formula is C23H27N5O6. The van der Waals surface area contributed by atoms with Crippen LogP contribution in [0.4, 0.5) is 0 Å². The van der Waals surface area contributed by atoms with Crippen molar-refractivity contribution in [3.05, 3.63) is 41.6 Å². The van der Waals surface area contributed by atoms with Gasteiger partial charge in [0.15, 0.2) is 12.7 Å². The van der Waals surface area contributed by atoms with Crippen LogP contribution in [-0.4, -0.2) is 46.5 Å². The van der Waals surface area contributed by atoms with E-state index < -0.39 is 17.8 Å². The van der Waals surface area contributed by atoms with E-state index in [1.807, 2.05) is 24.3 Å². The molecule has 2 heterocycles. The molecule has 0 saturated carbocycles. The van der Waals surface area contributed by atoms with Gasteiger partial charge in [0.1, 0.15) is 0 Å². The van der Waals surface area contributed by atoms with E-state index in [0.717, 1.165) is 22.0 Å². The summed E-state index contributed by atoms with van der Waals surface area (Å²) in [6.07, 6.45) is 4.68. The maximum absolute atomic E-state index is 11.9. The Bertz CT molecular complexity index is 1100. The van der Waals surface area contributed by atoms with Gasteiger partial charge in [-0.15, -0.1) is 5.06 Å². The molecule has 0 aliphatic carbocycles. The van der Waals surface area contributed by atoms with Gasteiger partial charge in [-0.2, -0.15) is 0 Å². The van der Waals surface area contributed by atoms with Gasteiger partial charge in [-0.25, -0.2) is 9.79 Å². The van der Waals surface area contributed by atoms with Crippen molar-refractivity contribution in [1.82, 2.24) is 10.0 Å². The Morgan fingerprint density at radius 3 is 2.35 bits per heavy atom. The SMILES string of the molecule is NC(N)=NCOC(=O)CCCc1cnc2cc(CCCC(=O)ON3C(=O)CCC3=O)ccc2c1. The first kappa shape index (κ1) is 24.6. The largest absolute Gasteiger partial charge is 0.442 e. The van der Waals surface area contributed by atoms with E-state index in [0.29, 0.717) is 30.7 Å². The number of carbonyl (C=O) groups is 4. The van der Waals surface area contributed by atoms with Crippen molar-refractivity contribution >= 4 is 40.6 Å². The molecule has 1 aromatic heterocycles. The van der Waals surface area contributed by atoms with E-state index >= 15 is 0 Å². The van der Waals surface area contributed by atoms with Crippen molar-refractivity contribution in [3.8, 4) is 0 Å². The van der Waals surface area contributed by atoms with Gasteiger partial charge in [-0.1, -0.05) is 12.1 Å². The highest BCUT2D eigenvalue weighted by atomic mass is 16.7. The molecule has 0 bridgehead atoms. The Hall–Kier alpha value is -4.02. The average Bonchev–Trinajstić information content (AvgIpc) is 3.11. The molecular weight excluding hydrogens is 442 g/mol. The molecule has 0 radical (unpaired) electrons. The molecule has 3 rings (SSSR count). The van der Waals surface area contributed by atoms with Crippen LogP contribution in [0, 0.1) is 0 Å². The smallest absolute Gasteiger partial charge is 0.333 e. The fraction of sp³-hybridized carbons (Fsp3) is 0.391. The van der Waals surface area contributed by atoms with Gasteiger partial charge in [0.2, 0.25) is 0 Å². The molecule has 2 aromatic rings. The predicted molar refractivity (Wildman–Crippen MR) is 122 cm³/mol. The van der Waals surface area contributed by atoms with Gasteiger partial charge in [0, 0.05) is 37.3 Å². The molecule has 1 aromatic carbocycles. The van der Waals surface area contributed by atoms with E-state index in [9.17, 15) is 19.2 Å². The number of aryl methyl sites for hydroxylation is 2. The summed E-state index contributed by atoms with van der Waals surface area (Å²) in [5.74, 6) is -2.08. The molecule has 34 heavy (non-hydrogen) atoms. The van der Waals surface area contributed by atoms with E-state index in [-0.39, 0.29) is 44.3 Å². The number of aliphatic imine (C=N–C) groups is 1. The predicted octanol–water partition coefficient (Wildman–Crippen LogP) is 1.26. The molecule has 0 unspecified atom stereocenters. The minimum atomic E-state index is -0.604. The zero-order chi connectivity index (χ0) is 24.5. The van der Waals surface area contributed by atoms with Gasteiger partial charge in [0.25, 0.3) is 11.8 Å². The van der Waals surface area contributed by atoms with Crippen LogP contribution >= 0.6 is 0 Å². The van der Waals surface area contributed by atoms with Gasteiger partial charge in [0.05, 0.1) is 5.52 Å². The normalized spacial score (nSPS) is 13.2. The first-order chi connectivity index (χ1) is 16.3. The molecule has 1 aliphatic rings. The number of amides is 2. The van der Waals surface area contributed by atoms with Crippen molar-refractivity contribution in [2.75, 3.05) is 6.73 Å². The summed E-state index contributed by atoms with van der Waals surface area (Å²) in [5.41, 5.74) is 13.2. The number of pyridine rings is 1. The molecule has 1 fully saturated rings. The number of hydrogen-bond donors (Lipinski definition) is 2. The number of ether oxygens (including phenoxy) is 1. The number of hydrogen-bond acceptors (Lipinski definition) is 8. The maximum atomic E-state index is 11.9. The monoisotopic (exact) mass is 469 g/mol. The average molecular weight is 469 g/mol. The molecule has 180 valence electrons.